The van der Waals surface area contributed by atoms with Crippen molar-refractivity contribution < 1.29 is 24.2 Å². The van der Waals surface area contributed by atoms with Gasteiger partial charge in [-0.2, -0.15) is 0 Å². The van der Waals surface area contributed by atoms with Crippen molar-refractivity contribution in [2.45, 2.75) is 32.2 Å². The first kappa shape index (κ1) is 16.8. The number of carboxylic acid groups (broad SMARTS) is 1. The van der Waals surface area contributed by atoms with Gasteiger partial charge in [0.15, 0.2) is 5.75 Å². The van der Waals surface area contributed by atoms with E-state index < -0.39 is 23.9 Å². The van der Waals surface area contributed by atoms with Crippen molar-refractivity contribution in [1.82, 2.24) is 5.32 Å². The molecule has 0 radical (unpaired) electrons. The van der Waals surface area contributed by atoms with Crippen molar-refractivity contribution in [3.8, 4) is 5.75 Å². The normalized spacial score (nSPS) is 14.7. The van der Waals surface area contributed by atoms with Gasteiger partial charge in [-0.15, -0.1) is 0 Å². The summed E-state index contributed by atoms with van der Waals surface area (Å²) in [6, 6.07) is 6.01. The van der Waals surface area contributed by atoms with Crippen LogP contribution in [0.5, 0.6) is 5.75 Å². The zero-order valence-corrected chi connectivity index (χ0v) is 12.9. The van der Waals surface area contributed by atoms with Crippen LogP contribution in [-0.4, -0.2) is 42.1 Å². The number of anilines is 1. The molecule has 0 bridgehead atoms. The summed E-state index contributed by atoms with van der Waals surface area (Å²) in [5.41, 5.74) is 0.641. The second-order valence-electron chi connectivity index (χ2n) is 5.40. The van der Waals surface area contributed by atoms with Crippen LogP contribution < -0.4 is 15.0 Å². The number of fused-ring (bicyclic) bond motifs is 1. The predicted molar refractivity (Wildman–Crippen MR) is 83.4 cm³/mol. The molecule has 1 unspecified atom stereocenters. The predicted octanol–water partition coefficient (Wildman–Crippen LogP) is 1.17. The number of nitrogens with one attached hydrogen (secondary N) is 1. The molecular weight excluding hydrogens is 300 g/mol. The van der Waals surface area contributed by atoms with E-state index in [4.69, 9.17) is 9.84 Å². The number of hydrogen-bond donors (Lipinski definition) is 2. The molecule has 1 aromatic carbocycles. The first-order valence-corrected chi connectivity index (χ1v) is 7.58. The lowest BCUT2D eigenvalue weighted by atomic mass is 10.1. The maximum absolute atomic E-state index is 12.1. The van der Waals surface area contributed by atoms with Gasteiger partial charge in [-0.05, 0) is 18.6 Å². The Hall–Kier alpha value is -2.57. The molecule has 2 N–H and O–H groups in total. The summed E-state index contributed by atoms with van der Waals surface area (Å²) in [5.74, 6) is -1.53. The maximum atomic E-state index is 12.1. The van der Waals surface area contributed by atoms with Gasteiger partial charge in [-0.3, -0.25) is 4.79 Å². The van der Waals surface area contributed by atoms with Gasteiger partial charge in [0.1, 0.15) is 12.6 Å². The van der Waals surface area contributed by atoms with Crippen LogP contribution in [0.15, 0.2) is 24.3 Å². The first-order valence-electron chi connectivity index (χ1n) is 7.58. The average molecular weight is 320 g/mol. The molecule has 1 heterocycles. The van der Waals surface area contributed by atoms with E-state index in [2.05, 4.69) is 5.32 Å². The van der Waals surface area contributed by atoms with Gasteiger partial charge in [0.2, 0.25) is 5.91 Å². The lowest BCUT2D eigenvalue weighted by Gasteiger charge is -2.29. The second kappa shape index (κ2) is 7.62. The number of esters is 1. The molecule has 1 aromatic rings. The minimum Gasteiger partial charge on any atom is -0.480 e. The molecule has 1 aliphatic heterocycles. The number of amides is 1. The van der Waals surface area contributed by atoms with E-state index in [0.717, 1.165) is 12.8 Å². The third-order valence-electron chi connectivity index (χ3n) is 3.56. The highest BCUT2D eigenvalue weighted by Gasteiger charge is 2.27. The van der Waals surface area contributed by atoms with E-state index in [1.165, 1.54) is 0 Å². The molecule has 0 saturated heterocycles. The second-order valence-corrected chi connectivity index (χ2v) is 5.40. The number of carbonyl (C=O) groups is 3. The fourth-order valence-corrected chi connectivity index (χ4v) is 2.42. The number of carbonyl (C=O) groups excluding carboxylic acids is 2. The van der Waals surface area contributed by atoms with Gasteiger partial charge in [-0.1, -0.05) is 31.9 Å². The number of nitrogens with zero attached hydrogens (tertiary/aromatic N) is 1. The third-order valence-corrected chi connectivity index (χ3v) is 3.56. The van der Waals surface area contributed by atoms with Gasteiger partial charge in [0, 0.05) is 0 Å². The number of ether oxygens (including phenoxy) is 1. The number of benzene rings is 1. The highest BCUT2D eigenvalue weighted by Crippen LogP contribution is 2.30. The monoisotopic (exact) mass is 320 g/mol. The molecule has 2 rings (SSSR count). The molecule has 0 spiro atoms. The lowest BCUT2D eigenvalue weighted by molar-refractivity contribution is -0.142. The molecule has 7 nitrogen and oxygen atoms in total. The summed E-state index contributed by atoms with van der Waals surface area (Å²) < 4.78 is 5.11. The number of rotatable bonds is 7. The topological polar surface area (TPSA) is 95.9 Å². The standard InChI is InChI=1S/C16H20N2O5/c1-2-3-6-11(16(21)22)17-14(19)9-18-10-15(20)23-13-8-5-4-7-12(13)18/h4-5,7-8,11H,2-3,6,9-10H2,1H3,(H,17,19)(H,21,22). The zero-order valence-electron chi connectivity index (χ0n) is 12.9. The highest BCUT2D eigenvalue weighted by atomic mass is 16.5. The summed E-state index contributed by atoms with van der Waals surface area (Å²) >= 11 is 0. The number of hydrogen-bond acceptors (Lipinski definition) is 5. The molecule has 1 atom stereocenters. The maximum Gasteiger partial charge on any atom is 0.331 e. The van der Waals surface area contributed by atoms with Crippen LogP contribution >= 0.6 is 0 Å². The Balaban J connectivity index is 2.02. The first-order chi connectivity index (χ1) is 11.0. The fraction of sp³-hybridized carbons (Fsp3) is 0.438. The summed E-state index contributed by atoms with van der Waals surface area (Å²) in [5, 5.41) is 11.7. The Bertz CT molecular complexity index is 602. The van der Waals surface area contributed by atoms with E-state index in [1.807, 2.05) is 6.92 Å². The Labute approximate surface area is 134 Å². The Morgan fingerprint density at radius 3 is 2.83 bits per heavy atom. The van der Waals surface area contributed by atoms with Crippen LogP contribution in [0, 0.1) is 0 Å². The Kier molecular flexibility index (Phi) is 5.56. The minimum atomic E-state index is -1.05. The summed E-state index contributed by atoms with van der Waals surface area (Å²) in [6.07, 6.45) is 1.96. The van der Waals surface area contributed by atoms with Gasteiger partial charge < -0.3 is 20.1 Å². The average Bonchev–Trinajstić information content (AvgIpc) is 2.51. The van der Waals surface area contributed by atoms with Crippen molar-refractivity contribution in [1.29, 1.82) is 0 Å². The van der Waals surface area contributed by atoms with Crippen molar-refractivity contribution in [2.24, 2.45) is 0 Å². The smallest absolute Gasteiger partial charge is 0.331 e. The lowest BCUT2D eigenvalue weighted by Crippen LogP contribution is -2.48. The molecule has 1 amide bonds. The minimum absolute atomic E-state index is 0.0445. The van der Waals surface area contributed by atoms with Crippen LogP contribution in [0.3, 0.4) is 0 Å². The van der Waals surface area contributed by atoms with Gasteiger partial charge in [0.25, 0.3) is 0 Å². The van der Waals surface area contributed by atoms with Crippen LogP contribution in [0.2, 0.25) is 0 Å². The van der Waals surface area contributed by atoms with Crippen molar-refractivity contribution in [3.05, 3.63) is 24.3 Å². The quantitative estimate of drug-likeness (QED) is 0.578. The number of para-hydroxylation sites is 2. The Morgan fingerprint density at radius 1 is 1.39 bits per heavy atom. The van der Waals surface area contributed by atoms with E-state index in [0.29, 0.717) is 17.9 Å². The summed E-state index contributed by atoms with van der Waals surface area (Å²) in [7, 11) is 0. The van der Waals surface area contributed by atoms with Crippen molar-refractivity contribution in [2.75, 3.05) is 18.0 Å². The SMILES string of the molecule is CCCCC(NC(=O)CN1CC(=O)Oc2ccccc21)C(=O)O. The van der Waals surface area contributed by atoms with Gasteiger partial charge in [-0.25, -0.2) is 9.59 Å². The largest absolute Gasteiger partial charge is 0.480 e. The molecular formula is C16H20N2O5. The fourth-order valence-electron chi connectivity index (χ4n) is 2.42. The van der Waals surface area contributed by atoms with Crippen LogP contribution in [0.25, 0.3) is 0 Å². The van der Waals surface area contributed by atoms with Crippen molar-refractivity contribution >= 4 is 23.5 Å². The number of carboxylic acids is 1. The molecule has 23 heavy (non-hydrogen) atoms. The molecule has 0 aliphatic carbocycles. The summed E-state index contributed by atoms with van der Waals surface area (Å²) in [6.45, 7) is 1.82. The van der Waals surface area contributed by atoms with Crippen LogP contribution in [0.4, 0.5) is 5.69 Å². The molecule has 0 fully saturated rings. The van der Waals surface area contributed by atoms with Crippen LogP contribution in [0.1, 0.15) is 26.2 Å². The molecule has 0 aromatic heterocycles. The molecule has 0 saturated carbocycles. The van der Waals surface area contributed by atoms with Crippen LogP contribution in [-0.2, 0) is 14.4 Å². The van der Waals surface area contributed by atoms with E-state index in [1.54, 1.807) is 29.2 Å². The highest BCUT2D eigenvalue weighted by molar-refractivity contribution is 5.90. The Morgan fingerprint density at radius 2 is 2.13 bits per heavy atom. The third kappa shape index (κ3) is 4.45. The zero-order chi connectivity index (χ0) is 16.8. The molecule has 124 valence electrons. The number of unbranched alkanes of at least 4 members (excludes halogenated alkanes) is 1. The van der Waals surface area contributed by atoms with Gasteiger partial charge in [0.05, 0.1) is 12.2 Å². The van der Waals surface area contributed by atoms with Gasteiger partial charge >= 0.3 is 11.9 Å². The summed E-state index contributed by atoms with van der Waals surface area (Å²) in [4.78, 5) is 36.5. The number of aliphatic carboxylic acids is 1. The van der Waals surface area contributed by atoms with E-state index in [9.17, 15) is 14.4 Å². The molecule has 1 aliphatic rings. The van der Waals surface area contributed by atoms with E-state index in [-0.39, 0.29) is 13.1 Å². The van der Waals surface area contributed by atoms with E-state index >= 15 is 0 Å². The molecule has 7 heteroatoms. The van der Waals surface area contributed by atoms with Crippen molar-refractivity contribution in [3.63, 3.8) is 0 Å².